The molecule has 22 heavy (non-hydrogen) atoms. The fraction of sp³-hybridized carbons (Fsp3) is 0.250. The summed E-state index contributed by atoms with van der Waals surface area (Å²) < 4.78 is 1.90. The van der Waals surface area contributed by atoms with Gasteiger partial charge in [-0.15, -0.1) is 11.3 Å². The number of fused-ring (bicyclic) bond motifs is 1. The minimum atomic E-state index is -1.09. The lowest BCUT2D eigenvalue weighted by Crippen LogP contribution is -2.39. The Hall–Kier alpha value is -2.18. The van der Waals surface area contributed by atoms with Crippen LogP contribution < -0.4 is 5.32 Å². The molecule has 114 valence electrons. The molecule has 6 heteroatoms. The molecular weight excluding hydrogens is 298 g/mol. The minimum absolute atomic E-state index is 0.151. The number of thiazole rings is 1. The van der Waals surface area contributed by atoms with Crippen molar-refractivity contribution in [3.8, 4) is 0 Å². The Balaban J connectivity index is 1.59. The predicted octanol–water partition coefficient (Wildman–Crippen LogP) is 1.96. The largest absolute Gasteiger partial charge is 0.384 e. The van der Waals surface area contributed by atoms with Crippen molar-refractivity contribution < 1.29 is 9.90 Å². The van der Waals surface area contributed by atoms with E-state index in [1.54, 1.807) is 6.92 Å². The molecule has 1 aromatic carbocycles. The number of imidazole rings is 1. The number of rotatable bonds is 5. The van der Waals surface area contributed by atoms with Crippen LogP contribution in [0.5, 0.6) is 0 Å². The Morgan fingerprint density at radius 1 is 1.41 bits per heavy atom. The maximum Gasteiger partial charge on any atom is 0.226 e. The molecule has 0 bridgehead atoms. The third kappa shape index (κ3) is 3.18. The van der Waals surface area contributed by atoms with Gasteiger partial charge in [0.2, 0.25) is 5.91 Å². The van der Waals surface area contributed by atoms with E-state index in [4.69, 9.17) is 0 Å². The minimum Gasteiger partial charge on any atom is -0.384 e. The Labute approximate surface area is 132 Å². The van der Waals surface area contributed by atoms with E-state index in [-0.39, 0.29) is 18.9 Å². The first-order chi connectivity index (χ1) is 10.5. The van der Waals surface area contributed by atoms with Crippen molar-refractivity contribution in [3.05, 3.63) is 59.4 Å². The maximum absolute atomic E-state index is 12.0. The van der Waals surface area contributed by atoms with E-state index < -0.39 is 5.60 Å². The van der Waals surface area contributed by atoms with Crippen LogP contribution in [0.15, 0.2) is 48.1 Å². The second kappa shape index (κ2) is 5.90. The molecule has 3 rings (SSSR count). The molecule has 0 saturated heterocycles. The Morgan fingerprint density at radius 3 is 2.91 bits per heavy atom. The van der Waals surface area contributed by atoms with E-state index >= 15 is 0 Å². The summed E-state index contributed by atoms with van der Waals surface area (Å²) in [5.41, 5.74) is 0.410. The molecule has 2 heterocycles. The standard InChI is InChI=1S/C16H17N3O2S/c1-16(21,12-5-3-2-4-6-12)11-17-14(20)9-13-10-19-7-8-22-15(19)18-13/h2-8,10,21H,9,11H2,1H3,(H,17,20). The Kier molecular flexibility index (Phi) is 3.96. The average molecular weight is 315 g/mol. The van der Waals surface area contributed by atoms with Gasteiger partial charge in [0, 0.05) is 17.8 Å². The van der Waals surface area contributed by atoms with Crippen molar-refractivity contribution in [3.63, 3.8) is 0 Å². The van der Waals surface area contributed by atoms with Crippen LogP contribution in [0, 0.1) is 0 Å². The van der Waals surface area contributed by atoms with Crippen LogP contribution in [0.4, 0.5) is 0 Å². The summed E-state index contributed by atoms with van der Waals surface area (Å²) >= 11 is 1.53. The van der Waals surface area contributed by atoms with Gasteiger partial charge in [0.1, 0.15) is 5.60 Å². The normalized spacial score (nSPS) is 13.9. The first-order valence-electron chi connectivity index (χ1n) is 7.00. The van der Waals surface area contributed by atoms with Crippen LogP contribution in [-0.2, 0) is 16.8 Å². The van der Waals surface area contributed by atoms with Gasteiger partial charge in [-0.3, -0.25) is 9.20 Å². The number of nitrogens with one attached hydrogen (secondary N) is 1. The van der Waals surface area contributed by atoms with Gasteiger partial charge in [-0.2, -0.15) is 0 Å². The molecule has 0 radical (unpaired) electrons. The van der Waals surface area contributed by atoms with E-state index in [1.807, 2.05) is 52.5 Å². The van der Waals surface area contributed by atoms with Crippen molar-refractivity contribution in [2.75, 3.05) is 6.54 Å². The molecule has 3 aromatic rings. The third-order valence-corrected chi connectivity index (χ3v) is 4.28. The number of nitrogens with zero attached hydrogens (tertiary/aromatic N) is 2. The second-order valence-electron chi connectivity index (χ2n) is 5.42. The highest BCUT2D eigenvalue weighted by Crippen LogP contribution is 2.19. The molecule has 2 aromatic heterocycles. The monoisotopic (exact) mass is 315 g/mol. The number of aliphatic hydroxyl groups is 1. The molecule has 5 nitrogen and oxygen atoms in total. The van der Waals surface area contributed by atoms with E-state index in [9.17, 15) is 9.90 Å². The maximum atomic E-state index is 12.0. The van der Waals surface area contributed by atoms with Gasteiger partial charge >= 0.3 is 0 Å². The lowest BCUT2D eigenvalue weighted by molar-refractivity contribution is -0.121. The molecule has 1 unspecified atom stereocenters. The zero-order valence-corrected chi connectivity index (χ0v) is 13.0. The van der Waals surface area contributed by atoms with Crippen LogP contribution >= 0.6 is 11.3 Å². The molecule has 2 N–H and O–H groups in total. The number of amides is 1. The SMILES string of the molecule is CC(O)(CNC(=O)Cc1cn2ccsc2n1)c1ccccc1. The number of benzene rings is 1. The predicted molar refractivity (Wildman–Crippen MR) is 85.8 cm³/mol. The molecular formula is C16H17N3O2S. The van der Waals surface area contributed by atoms with Crippen molar-refractivity contribution in [1.29, 1.82) is 0 Å². The second-order valence-corrected chi connectivity index (χ2v) is 6.29. The molecule has 0 spiro atoms. The van der Waals surface area contributed by atoms with Gasteiger partial charge in [-0.25, -0.2) is 4.98 Å². The zero-order chi connectivity index (χ0) is 15.6. The highest BCUT2D eigenvalue weighted by atomic mass is 32.1. The average Bonchev–Trinajstić information content (AvgIpc) is 3.07. The van der Waals surface area contributed by atoms with Crippen molar-refractivity contribution >= 4 is 22.2 Å². The highest BCUT2D eigenvalue weighted by Gasteiger charge is 2.23. The zero-order valence-electron chi connectivity index (χ0n) is 12.2. The summed E-state index contributed by atoms with van der Waals surface area (Å²) in [6.07, 6.45) is 3.97. The van der Waals surface area contributed by atoms with Crippen LogP contribution in [-0.4, -0.2) is 26.9 Å². The van der Waals surface area contributed by atoms with Crippen LogP contribution in [0.2, 0.25) is 0 Å². The summed E-state index contributed by atoms with van der Waals surface area (Å²) in [7, 11) is 0. The molecule has 1 amide bonds. The highest BCUT2D eigenvalue weighted by molar-refractivity contribution is 7.15. The van der Waals surface area contributed by atoms with Crippen molar-refractivity contribution in [2.24, 2.45) is 0 Å². The number of hydrogen-bond donors (Lipinski definition) is 2. The smallest absolute Gasteiger partial charge is 0.226 e. The first-order valence-corrected chi connectivity index (χ1v) is 7.88. The molecule has 0 aliphatic heterocycles. The van der Waals surface area contributed by atoms with E-state index in [2.05, 4.69) is 10.3 Å². The first kappa shape index (κ1) is 14.7. The topological polar surface area (TPSA) is 66.6 Å². The van der Waals surface area contributed by atoms with Gasteiger partial charge in [0.15, 0.2) is 4.96 Å². The van der Waals surface area contributed by atoms with Gasteiger partial charge in [-0.05, 0) is 12.5 Å². The van der Waals surface area contributed by atoms with Crippen LogP contribution in [0.3, 0.4) is 0 Å². The van der Waals surface area contributed by atoms with Gasteiger partial charge < -0.3 is 10.4 Å². The Bertz CT molecular complexity index is 748. The molecule has 0 aliphatic carbocycles. The molecule has 0 aliphatic rings. The summed E-state index contributed by atoms with van der Waals surface area (Å²) in [5, 5.41) is 15.2. The lowest BCUT2D eigenvalue weighted by atomic mass is 9.96. The Morgan fingerprint density at radius 2 is 2.18 bits per heavy atom. The van der Waals surface area contributed by atoms with Crippen LogP contribution in [0.25, 0.3) is 4.96 Å². The summed E-state index contributed by atoms with van der Waals surface area (Å²) in [5.74, 6) is -0.151. The van der Waals surface area contributed by atoms with E-state index in [0.29, 0.717) is 0 Å². The van der Waals surface area contributed by atoms with E-state index in [1.165, 1.54) is 11.3 Å². The number of carbonyl (C=O) groups excluding carboxylic acids is 1. The summed E-state index contributed by atoms with van der Waals surface area (Å²) in [6.45, 7) is 1.85. The number of hydrogen-bond acceptors (Lipinski definition) is 4. The van der Waals surface area contributed by atoms with Crippen molar-refractivity contribution in [2.45, 2.75) is 18.9 Å². The third-order valence-electron chi connectivity index (χ3n) is 3.51. The number of aromatic nitrogens is 2. The molecule has 1 atom stereocenters. The van der Waals surface area contributed by atoms with Gasteiger partial charge in [0.25, 0.3) is 0 Å². The summed E-state index contributed by atoms with van der Waals surface area (Å²) in [4.78, 5) is 17.3. The number of carbonyl (C=O) groups is 1. The fourth-order valence-electron chi connectivity index (χ4n) is 2.26. The van der Waals surface area contributed by atoms with Gasteiger partial charge in [0.05, 0.1) is 18.7 Å². The molecule has 0 saturated carbocycles. The molecule has 0 fully saturated rings. The fourth-order valence-corrected chi connectivity index (χ4v) is 2.98. The van der Waals surface area contributed by atoms with E-state index in [0.717, 1.165) is 16.2 Å². The summed E-state index contributed by atoms with van der Waals surface area (Å²) in [6, 6.07) is 9.31. The van der Waals surface area contributed by atoms with Gasteiger partial charge in [-0.1, -0.05) is 30.3 Å². The van der Waals surface area contributed by atoms with Crippen molar-refractivity contribution in [1.82, 2.24) is 14.7 Å². The van der Waals surface area contributed by atoms with Crippen LogP contribution in [0.1, 0.15) is 18.2 Å². The quantitative estimate of drug-likeness (QED) is 0.756. The lowest BCUT2D eigenvalue weighted by Gasteiger charge is -2.24.